The van der Waals surface area contributed by atoms with Crippen LogP contribution in [-0.4, -0.2) is 15.2 Å². The maximum absolute atomic E-state index is 9.50. The zero-order chi connectivity index (χ0) is 14.8. The fourth-order valence-electron chi connectivity index (χ4n) is 1.93. The highest BCUT2D eigenvalue weighted by atomic mass is 32.1. The van der Waals surface area contributed by atoms with E-state index in [2.05, 4.69) is 11.1 Å². The van der Waals surface area contributed by atoms with E-state index < -0.39 is 0 Å². The van der Waals surface area contributed by atoms with Crippen LogP contribution in [0.4, 0.5) is 0 Å². The molecule has 0 bridgehead atoms. The van der Waals surface area contributed by atoms with Gasteiger partial charge in [0, 0.05) is 0 Å². The van der Waals surface area contributed by atoms with Gasteiger partial charge in [-0.2, -0.15) is 5.26 Å². The molecule has 1 heterocycles. The average molecular weight is 294 g/mol. The fraction of sp³-hybridized carbons (Fsp3) is 0. The highest BCUT2D eigenvalue weighted by molar-refractivity contribution is 7.19. The van der Waals surface area contributed by atoms with Crippen LogP contribution in [-0.2, 0) is 0 Å². The maximum Gasteiger partial charge on any atom is 0.157 e. The molecule has 0 radical (unpaired) electrons. The van der Waals surface area contributed by atoms with Crippen LogP contribution in [0.3, 0.4) is 0 Å². The number of rotatable bonds is 2. The van der Waals surface area contributed by atoms with Gasteiger partial charge >= 0.3 is 0 Å². The quantitative estimate of drug-likeness (QED) is 0.557. The summed E-state index contributed by atoms with van der Waals surface area (Å²) in [6.45, 7) is 0. The summed E-state index contributed by atoms with van der Waals surface area (Å²) in [5.41, 5.74) is 1.90. The number of phenolic OH excluding ortho intramolecular Hbond substituents is 2. The molecule has 102 valence electrons. The van der Waals surface area contributed by atoms with E-state index in [1.807, 2.05) is 24.3 Å². The molecule has 0 saturated heterocycles. The Morgan fingerprint density at radius 3 is 2.67 bits per heavy atom. The average Bonchev–Trinajstić information content (AvgIpc) is 2.92. The summed E-state index contributed by atoms with van der Waals surface area (Å²) in [4.78, 5) is 4.44. The molecule has 0 fully saturated rings. The van der Waals surface area contributed by atoms with Gasteiger partial charge in [0.05, 0.1) is 15.8 Å². The van der Waals surface area contributed by atoms with E-state index in [-0.39, 0.29) is 11.5 Å². The lowest BCUT2D eigenvalue weighted by Crippen LogP contribution is -1.81. The van der Waals surface area contributed by atoms with E-state index in [0.717, 1.165) is 10.2 Å². The Morgan fingerprint density at radius 2 is 1.95 bits per heavy atom. The number of phenols is 2. The Balaban J connectivity index is 2.06. The fourth-order valence-corrected chi connectivity index (χ4v) is 2.86. The van der Waals surface area contributed by atoms with Crippen LogP contribution >= 0.6 is 11.3 Å². The minimum atomic E-state index is -0.217. The van der Waals surface area contributed by atoms with Crippen LogP contribution in [0.1, 0.15) is 10.6 Å². The summed E-state index contributed by atoms with van der Waals surface area (Å²) in [7, 11) is 0. The summed E-state index contributed by atoms with van der Waals surface area (Å²) in [6.07, 6.45) is 1.64. The zero-order valence-electron chi connectivity index (χ0n) is 10.8. The Kier molecular flexibility index (Phi) is 3.30. The van der Waals surface area contributed by atoms with Crippen LogP contribution in [0, 0.1) is 11.3 Å². The Bertz CT molecular complexity index is 858. The first-order valence-electron chi connectivity index (χ1n) is 6.17. The highest BCUT2D eigenvalue weighted by Gasteiger charge is 2.09. The molecule has 0 aliphatic heterocycles. The van der Waals surface area contributed by atoms with E-state index in [1.54, 1.807) is 12.1 Å². The van der Waals surface area contributed by atoms with Gasteiger partial charge in [-0.3, -0.25) is 0 Å². The van der Waals surface area contributed by atoms with Crippen molar-refractivity contribution in [2.75, 3.05) is 0 Å². The third-order valence-corrected chi connectivity index (χ3v) is 4.02. The Labute approximate surface area is 124 Å². The van der Waals surface area contributed by atoms with Crippen LogP contribution < -0.4 is 0 Å². The second kappa shape index (κ2) is 5.27. The lowest BCUT2D eigenvalue weighted by molar-refractivity contribution is 0.403. The normalized spacial score (nSPS) is 11.5. The molecule has 0 saturated carbocycles. The molecule has 0 unspecified atom stereocenters. The highest BCUT2D eigenvalue weighted by Crippen LogP contribution is 2.30. The molecule has 1 aromatic heterocycles. The van der Waals surface area contributed by atoms with Gasteiger partial charge in [0.15, 0.2) is 11.5 Å². The molecule has 0 spiro atoms. The van der Waals surface area contributed by atoms with Crippen molar-refractivity contribution in [3.8, 4) is 17.6 Å². The van der Waals surface area contributed by atoms with E-state index in [9.17, 15) is 15.5 Å². The molecular weight excluding hydrogens is 284 g/mol. The van der Waals surface area contributed by atoms with Crippen molar-refractivity contribution >= 4 is 33.2 Å². The molecule has 21 heavy (non-hydrogen) atoms. The smallest absolute Gasteiger partial charge is 0.157 e. The predicted molar refractivity (Wildman–Crippen MR) is 82.9 cm³/mol. The Morgan fingerprint density at radius 1 is 1.14 bits per heavy atom. The van der Waals surface area contributed by atoms with Gasteiger partial charge in [0.1, 0.15) is 11.1 Å². The second-order valence-electron chi connectivity index (χ2n) is 4.40. The molecule has 2 N–H and O–H groups in total. The number of nitrogens with zero attached hydrogens (tertiary/aromatic N) is 2. The molecule has 0 atom stereocenters. The van der Waals surface area contributed by atoms with E-state index in [1.165, 1.54) is 23.5 Å². The summed E-state index contributed by atoms with van der Waals surface area (Å²) >= 11 is 1.44. The van der Waals surface area contributed by atoms with Crippen molar-refractivity contribution in [3.63, 3.8) is 0 Å². The van der Waals surface area contributed by atoms with Gasteiger partial charge in [0.25, 0.3) is 0 Å². The number of hydrogen-bond donors (Lipinski definition) is 2. The number of thiazole rings is 1. The molecule has 0 aliphatic carbocycles. The Hall–Kier alpha value is -2.84. The standard InChI is InChI=1S/C16H10N2O2S/c17-9-11(7-10-5-6-13(19)14(20)8-10)16-18-12-3-1-2-4-15(12)21-16/h1-8,19-20H/b11-7-. The summed E-state index contributed by atoms with van der Waals surface area (Å²) in [5.74, 6) is -0.406. The van der Waals surface area contributed by atoms with Crippen molar-refractivity contribution in [1.82, 2.24) is 4.98 Å². The molecule has 0 amide bonds. The second-order valence-corrected chi connectivity index (χ2v) is 5.44. The number of hydrogen-bond acceptors (Lipinski definition) is 5. The molecular formula is C16H10N2O2S. The van der Waals surface area contributed by atoms with Crippen LogP contribution in [0.2, 0.25) is 0 Å². The SMILES string of the molecule is N#C/C(=C/c1ccc(O)c(O)c1)c1nc2ccccc2s1. The zero-order valence-corrected chi connectivity index (χ0v) is 11.6. The molecule has 5 heteroatoms. The molecule has 4 nitrogen and oxygen atoms in total. The van der Waals surface area contributed by atoms with Gasteiger partial charge in [-0.1, -0.05) is 18.2 Å². The summed E-state index contributed by atoms with van der Waals surface area (Å²) in [6, 6.07) is 14.2. The number of fused-ring (bicyclic) bond motifs is 1. The molecule has 3 rings (SSSR count). The minimum Gasteiger partial charge on any atom is -0.504 e. The van der Waals surface area contributed by atoms with Crippen molar-refractivity contribution in [3.05, 3.63) is 53.0 Å². The third kappa shape index (κ3) is 2.57. The van der Waals surface area contributed by atoms with Gasteiger partial charge in [0.2, 0.25) is 0 Å². The number of benzene rings is 2. The summed E-state index contributed by atoms with van der Waals surface area (Å²) < 4.78 is 1.02. The number of aromatic nitrogens is 1. The first-order valence-corrected chi connectivity index (χ1v) is 6.99. The number of allylic oxidation sites excluding steroid dienone is 1. The number of aromatic hydroxyl groups is 2. The van der Waals surface area contributed by atoms with Crippen LogP contribution in [0.25, 0.3) is 21.9 Å². The lowest BCUT2D eigenvalue weighted by atomic mass is 10.1. The van der Waals surface area contributed by atoms with Crippen molar-refractivity contribution in [1.29, 1.82) is 5.26 Å². The monoisotopic (exact) mass is 294 g/mol. The minimum absolute atomic E-state index is 0.189. The van der Waals surface area contributed by atoms with E-state index in [0.29, 0.717) is 16.1 Å². The number of nitriles is 1. The maximum atomic E-state index is 9.50. The topological polar surface area (TPSA) is 77.1 Å². The van der Waals surface area contributed by atoms with Crippen LogP contribution in [0.5, 0.6) is 11.5 Å². The van der Waals surface area contributed by atoms with Crippen LogP contribution in [0.15, 0.2) is 42.5 Å². The van der Waals surface area contributed by atoms with Gasteiger partial charge < -0.3 is 10.2 Å². The van der Waals surface area contributed by atoms with Crippen molar-refractivity contribution in [2.45, 2.75) is 0 Å². The van der Waals surface area contributed by atoms with Gasteiger partial charge in [-0.25, -0.2) is 4.98 Å². The largest absolute Gasteiger partial charge is 0.504 e. The summed E-state index contributed by atoms with van der Waals surface area (Å²) in [5, 5.41) is 28.8. The lowest BCUT2D eigenvalue weighted by Gasteiger charge is -1.99. The molecule has 2 aromatic carbocycles. The third-order valence-electron chi connectivity index (χ3n) is 2.96. The predicted octanol–water partition coefficient (Wildman–Crippen LogP) is 3.77. The first kappa shape index (κ1) is 13.2. The molecule has 0 aliphatic rings. The van der Waals surface area contributed by atoms with E-state index in [4.69, 9.17) is 0 Å². The van der Waals surface area contributed by atoms with Crippen molar-refractivity contribution < 1.29 is 10.2 Å². The van der Waals surface area contributed by atoms with E-state index >= 15 is 0 Å². The molecule has 3 aromatic rings. The van der Waals surface area contributed by atoms with Gasteiger partial charge in [-0.15, -0.1) is 11.3 Å². The van der Waals surface area contributed by atoms with Gasteiger partial charge in [-0.05, 0) is 35.9 Å². The van der Waals surface area contributed by atoms with Crippen molar-refractivity contribution in [2.24, 2.45) is 0 Å². The number of para-hydroxylation sites is 1. The first-order chi connectivity index (χ1) is 10.2.